The van der Waals surface area contributed by atoms with Crippen LogP contribution in [-0.2, 0) is 0 Å². The quantitative estimate of drug-likeness (QED) is 0.277. The molecule has 3 aromatic carbocycles. The second kappa shape index (κ2) is 6.68. The van der Waals surface area contributed by atoms with Crippen LogP contribution in [0, 0.1) is 59.5 Å². The fourth-order valence-electron chi connectivity index (χ4n) is 2.56. The van der Waals surface area contributed by atoms with Crippen LogP contribution < -0.4 is 0 Å². The van der Waals surface area contributed by atoms with Gasteiger partial charge in [0.25, 0.3) is 0 Å². The zero-order chi connectivity index (χ0) is 20.0. The summed E-state index contributed by atoms with van der Waals surface area (Å²) >= 11 is 0. The van der Waals surface area contributed by atoms with Gasteiger partial charge in [0.05, 0.1) is 0 Å². The van der Waals surface area contributed by atoms with Crippen LogP contribution in [0.25, 0.3) is 22.3 Å². The lowest BCUT2D eigenvalue weighted by Gasteiger charge is -2.12. The lowest BCUT2D eigenvalue weighted by molar-refractivity contribution is 0.410. The van der Waals surface area contributed by atoms with E-state index in [1.54, 1.807) is 0 Å². The Balaban J connectivity index is 2.27. The SMILES string of the molecule is Cc1[c]cc(-c2cc(F)c(F)c(F)c2F)cc1-c1cc(F)c(F)c(F)c1F. The summed E-state index contributed by atoms with van der Waals surface area (Å²) in [6.45, 7) is 1.36. The predicted octanol–water partition coefficient (Wildman–Crippen LogP) is 6.24. The largest absolute Gasteiger partial charge is 0.204 e. The molecule has 3 aromatic rings. The summed E-state index contributed by atoms with van der Waals surface area (Å²) in [5.74, 6) is -14.9. The highest BCUT2D eigenvalue weighted by Crippen LogP contribution is 2.35. The van der Waals surface area contributed by atoms with Crippen molar-refractivity contribution < 1.29 is 35.1 Å². The van der Waals surface area contributed by atoms with E-state index in [-0.39, 0.29) is 16.7 Å². The van der Waals surface area contributed by atoms with E-state index < -0.39 is 57.7 Å². The Morgan fingerprint density at radius 2 is 1.04 bits per heavy atom. The molecular formula is C19H7F8. The normalized spacial score (nSPS) is 11.1. The third kappa shape index (κ3) is 3.05. The van der Waals surface area contributed by atoms with E-state index in [4.69, 9.17) is 0 Å². The van der Waals surface area contributed by atoms with E-state index >= 15 is 0 Å². The first kappa shape index (κ1) is 18.9. The van der Waals surface area contributed by atoms with Gasteiger partial charge in [0.1, 0.15) is 0 Å². The highest BCUT2D eigenvalue weighted by atomic mass is 19.2. The zero-order valence-electron chi connectivity index (χ0n) is 13.3. The Bertz CT molecular complexity index is 1070. The summed E-state index contributed by atoms with van der Waals surface area (Å²) in [7, 11) is 0. The molecule has 1 radical (unpaired) electrons. The minimum atomic E-state index is -2.06. The average Bonchev–Trinajstić information content (AvgIpc) is 2.65. The summed E-state index contributed by atoms with van der Waals surface area (Å²) in [5, 5.41) is 0. The number of benzene rings is 3. The second-order valence-electron chi connectivity index (χ2n) is 5.62. The minimum absolute atomic E-state index is 0.131. The van der Waals surface area contributed by atoms with E-state index in [0.717, 1.165) is 12.1 Å². The number of halogens is 8. The van der Waals surface area contributed by atoms with Gasteiger partial charge in [0.2, 0.25) is 0 Å². The first-order valence-corrected chi connectivity index (χ1v) is 7.32. The Hall–Kier alpha value is -2.90. The molecule has 0 aliphatic heterocycles. The Morgan fingerprint density at radius 3 is 1.59 bits per heavy atom. The van der Waals surface area contributed by atoms with Crippen molar-refractivity contribution in [3.8, 4) is 22.3 Å². The second-order valence-corrected chi connectivity index (χ2v) is 5.62. The average molecular weight is 387 g/mol. The van der Waals surface area contributed by atoms with Crippen LogP contribution in [0.1, 0.15) is 5.56 Å². The van der Waals surface area contributed by atoms with Gasteiger partial charge in [-0.3, -0.25) is 0 Å². The molecule has 0 aliphatic rings. The highest BCUT2D eigenvalue weighted by Gasteiger charge is 2.23. The molecule has 0 atom stereocenters. The molecular weight excluding hydrogens is 380 g/mol. The van der Waals surface area contributed by atoms with Gasteiger partial charge < -0.3 is 0 Å². The summed E-state index contributed by atoms with van der Waals surface area (Å²) in [5.41, 5.74) is -1.79. The van der Waals surface area contributed by atoms with Gasteiger partial charge in [-0.1, -0.05) is 0 Å². The van der Waals surface area contributed by atoms with Crippen LogP contribution in [0.3, 0.4) is 0 Å². The van der Waals surface area contributed by atoms with Crippen molar-refractivity contribution in [2.24, 2.45) is 0 Å². The van der Waals surface area contributed by atoms with Crippen LogP contribution in [0.5, 0.6) is 0 Å². The van der Waals surface area contributed by atoms with Crippen molar-refractivity contribution in [2.45, 2.75) is 6.92 Å². The molecule has 0 bridgehead atoms. The van der Waals surface area contributed by atoms with E-state index in [0.29, 0.717) is 12.1 Å². The maximum absolute atomic E-state index is 14.1. The maximum atomic E-state index is 14.1. The van der Waals surface area contributed by atoms with Gasteiger partial charge in [-0.15, -0.1) is 0 Å². The number of aryl methyl sites for hydroxylation is 1. The van der Waals surface area contributed by atoms with Gasteiger partial charge in [-0.2, -0.15) is 0 Å². The molecule has 0 unspecified atom stereocenters. The molecule has 0 spiro atoms. The Labute approximate surface area is 147 Å². The molecule has 0 saturated heterocycles. The molecule has 139 valence electrons. The van der Waals surface area contributed by atoms with Gasteiger partial charge in [0, 0.05) is 11.1 Å². The fraction of sp³-hybridized carbons (Fsp3) is 0.0526. The van der Waals surface area contributed by atoms with Crippen molar-refractivity contribution in [2.75, 3.05) is 0 Å². The van der Waals surface area contributed by atoms with Crippen molar-refractivity contribution in [1.82, 2.24) is 0 Å². The summed E-state index contributed by atoms with van der Waals surface area (Å²) < 4.78 is 108. The van der Waals surface area contributed by atoms with Crippen molar-refractivity contribution in [1.29, 1.82) is 0 Å². The van der Waals surface area contributed by atoms with Crippen molar-refractivity contribution in [3.05, 3.63) is 82.4 Å². The summed E-state index contributed by atoms with van der Waals surface area (Å²) in [6.07, 6.45) is 0. The molecule has 0 saturated carbocycles. The van der Waals surface area contributed by atoms with Crippen LogP contribution in [0.4, 0.5) is 35.1 Å². The molecule has 0 fully saturated rings. The first-order valence-electron chi connectivity index (χ1n) is 7.32. The molecule has 0 heterocycles. The molecule has 0 aliphatic carbocycles. The van der Waals surface area contributed by atoms with Crippen LogP contribution in [-0.4, -0.2) is 0 Å². The van der Waals surface area contributed by atoms with Gasteiger partial charge in [-0.25, -0.2) is 35.1 Å². The third-order valence-corrected chi connectivity index (χ3v) is 3.95. The molecule has 8 heteroatoms. The van der Waals surface area contributed by atoms with Crippen LogP contribution in [0.15, 0.2) is 24.3 Å². The van der Waals surface area contributed by atoms with Crippen molar-refractivity contribution >= 4 is 0 Å². The monoisotopic (exact) mass is 387 g/mol. The lowest BCUT2D eigenvalue weighted by atomic mass is 9.94. The predicted molar refractivity (Wildman–Crippen MR) is 80.6 cm³/mol. The van der Waals surface area contributed by atoms with Crippen LogP contribution in [0.2, 0.25) is 0 Å². The van der Waals surface area contributed by atoms with E-state index in [1.165, 1.54) is 6.92 Å². The van der Waals surface area contributed by atoms with E-state index in [9.17, 15) is 35.1 Å². The molecule has 3 rings (SSSR count). The molecule has 0 nitrogen and oxygen atoms in total. The fourth-order valence-corrected chi connectivity index (χ4v) is 2.56. The van der Waals surface area contributed by atoms with Gasteiger partial charge in [0.15, 0.2) is 46.5 Å². The Kier molecular flexibility index (Phi) is 4.67. The summed E-state index contributed by atoms with van der Waals surface area (Å²) in [4.78, 5) is 0. The van der Waals surface area contributed by atoms with Crippen molar-refractivity contribution in [3.63, 3.8) is 0 Å². The molecule has 27 heavy (non-hydrogen) atoms. The summed E-state index contributed by atoms with van der Waals surface area (Å²) in [6, 6.07) is 5.31. The maximum Gasteiger partial charge on any atom is 0.198 e. The number of hydrogen-bond donors (Lipinski definition) is 0. The minimum Gasteiger partial charge on any atom is -0.204 e. The smallest absolute Gasteiger partial charge is 0.198 e. The third-order valence-electron chi connectivity index (χ3n) is 3.95. The van der Waals surface area contributed by atoms with Gasteiger partial charge >= 0.3 is 0 Å². The molecule has 0 aromatic heterocycles. The Morgan fingerprint density at radius 1 is 0.556 bits per heavy atom. The first-order chi connectivity index (χ1) is 12.6. The number of rotatable bonds is 2. The molecule has 0 N–H and O–H groups in total. The highest BCUT2D eigenvalue weighted by molar-refractivity contribution is 5.76. The van der Waals surface area contributed by atoms with E-state index in [1.807, 2.05) is 0 Å². The lowest BCUT2D eigenvalue weighted by Crippen LogP contribution is -2.01. The molecule has 0 amide bonds. The van der Waals surface area contributed by atoms with E-state index in [2.05, 4.69) is 6.07 Å². The number of hydrogen-bond acceptors (Lipinski definition) is 0. The topological polar surface area (TPSA) is 0 Å². The van der Waals surface area contributed by atoms with Crippen LogP contribution >= 0.6 is 0 Å². The standard InChI is InChI=1S/C19H7F8/c1-7-2-3-8(10-5-12(20)16(24)18(26)14(10)22)4-9(7)11-6-13(21)17(25)19(27)15(11)23/h3-6H,1H3. The van der Waals surface area contributed by atoms with Gasteiger partial charge in [-0.05, 0) is 53.9 Å². The zero-order valence-corrected chi connectivity index (χ0v) is 13.3.